The first-order chi connectivity index (χ1) is 14.6. The lowest BCUT2D eigenvalue weighted by atomic mass is 10.1. The smallest absolute Gasteiger partial charge is 0.256 e. The summed E-state index contributed by atoms with van der Waals surface area (Å²) in [5, 5.41) is 13.4. The molecule has 30 heavy (non-hydrogen) atoms. The van der Waals surface area contributed by atoms with Crippen molar-refractivity contribution in [2.24, 2.45) is 4.99 Å². The molecule has 1 saturated heterocycles. The van der Waals surface area contributed by atoms with Gasteiger partial charge in [-0.15, -0.1) is 0 Å². The van der Waals surface area contributed by atoms with Crippen molar-refractivity contribution in [2.75, 3.05) is 19.8 Å². The number of carbonyl (C=O) groups excluding carboxylic acids is 1. The average molecular weight is 408 g/mol. The van der Waals surface area contributed by atoms with Gasteiger partial charge in [-0.05, 0) is 50.1 Å². The van der Waals surface area contributed by atoms with Crippen molar-refractivity contribution < 1.29 is 23.8 Å². The number of nitrogens with one attached hydrogen (secondary N) is 1. The number of para-hydroxylation sites is 2. The molecular weight excluding hydrogens is 384 g/mol. The highest BCUT2D eigenvalue weighted by Gasteiger charge is 2.19. The molecule has 7 nitrogen and oxygen atoms in total. The van der Waals surface area contributed by atoms with Crippen LogP contribution in [0.1, 0.15) is 30.1 Å². The Morgan fingerprint density at radius 3 is 2.93 bits per heavy atom. The third-order valence-corrected chi connectivity index (χ3v) is 4.88. The van der Waals surface area contributed by atoms with Crippen molar-refractivity contribution in [1.29, 1.82) is 0 Å². The third-order valence-electron chi connectivity index (χ3n) is 4.88. The summed E-state index contributed by atoms with van der Waals surface area (Å²) in [6, 6.07) is 13.8. The van der Waals surface area contributed by atoms with Crippen LogP contribution in [0.15, 0.2) is 57.9 Å². The molecule has 1 amide bonds. The number of rotatable bonds is 6. The van der Waals surface area contributed by atoms with E-state index in [1.165, 1.54) is 6.07 Å². The highest BCUT2D eigenvalue weighted by atomic mass is 16.5. The minimum atomic E-state index is -0.295. The zero-order valence-corrected chi connectivity index (χ0v) is 16.8. The van der Waals surface area contributed by atoms with E-state index >= 15 is 0 Å². The molecule has 1 aliphatic rings. The number of phenolic OH excluding ortho intramolecular Hbond substituents is 1. The standard InChI is InChI=1S/C23H24N2O5/c1-2-28-20-8-4-3-7-19(20)25-23-18(22(27)24-14-17-6-5-11-29-17)12-15-9-10-16(26)13-21(15)30-23/h3-4,7-10,12-13,17,26H,2,5-6,11,14H2,1H3,(H,24,27). The molecule has 1 aliphatic heterocycles. The van der Waals surface area contributed by atoms with Crippen molar-refractivity contribution in [3.8, 4) is 11.5 Å². The average Bonchev–Trinajstić information content (AvgIpc) is 3.27. The summed E-state index contributed by atoms with van der Waals surface area (Å²) in [6.45, 7) is 3.54. The molecular formula is C23H24N2O5. The number of phenols is 1. The number of ether oxygens (including phenoxy) is 2. The second-order valence-corrected chi connectivity index (χ2v) is 7.04. The molecule has 2 N–H and O–H groups in total. The maximum Gasteiger partial charge on any atom is 0.256 e. The lowest BCUT2D eigenvalue weighted by Crippen LogP contribution is -2.34. The highest BCUT2D eigenvalue weighted by Crippen LogP contribution is 2.27. The van der Waals surface area contributed by atoms with Gasteiger partial charge in [0.2, 0.25) is 5.55 Å². The zero-order valence-electron chi connectivity index (χ0n) is 16.8. The van der Waals surface area contributed by atoms with Gasteiger partial charge >= 0.3 is 0 Å². The van der Waals surface area contributed by atoms with E-state index in [0.717, 1.165) is 19.4 Å². The number of aromatic hydroxyl groups is 1. The first-order valence-electron chi connectivity index (χ1n) is 10.1. The summed E-state index contributed by atoms with van der Waals surface area (Å²) in [7, 11) is 0. The quantitative estimate of drug-likeness (QED) is 0.649. The molecule has 7 heteroatoms. The number of amides is 1. The fraction of sp³-hybridized carbons (Fsp3) is 0.304. The second kappa shape index (κ2) is 9.00. The van der Waals surface area contributed by atoms with Gasteiger partial charge < -0.3 is 24.3 Å². The molecule has 156 valence electrons. The van der Waals surface area contributed by atoms with E-state index in [9.17, 15) is 9.90 Å². The van der Waals surface area contributed by atoms with Crippen LogP contribution in [0.4, 0.5) is 5.69 Å². The molecule has 1 aromatic heterocycles. The van der Waals surface area contributed by atoms with Crippen molar-refractivity contribution >= 4 is 22.6 Å². The van der Waals surface area contributed by atoms with Gasteiger partial charge in [0, 0.05) is 24.6 Å². The van der Waals surface area contributed by atoms with Gasteiger partial charge in [0.1, 0.15) is 28.3 Å². The molecule has 1 fully saturated rings. The predicted molar refractivity (Wildman–Crippen MR) is 112 cm³/mol. The molecule has 1 unspecified atom stereocenters. The van der Waals surface area contributed by atoms with E-state index < -0.39 is 0 Å². The SMILES string of the molecule is CCOc1ccccc1N=c1oc2cc(O)ccc2cc1C(=O)NCC1CCCO1. The molecule has 2 heterocycles. The van der Waals surface area contributed by atoms with Crippen LogP contribution < -0.4 is 15.6 Å². The largest absolute Gasteiger partial charge is 0.508 e. The Hall–Kier alpha value is -3.32. The van der Waals surface area contributed by atoms with Crippen molar-refractivity contribution in [3.05, 3.63) is 59.6 Å². The Balaban J connectivity index is 1.77. The van der Waals surface area contributed by atoms with Gasteiger partial charge in [-0.2, -0.15) is 0 Å². The maximum atomic E-state index is 13.0. The van der Waals surface area contributed by atoms with Gasteiger partial charge in [0.05, 0.1) is 12.7 Å². The number of benzene rings is 2. The highest BCUT2D eigenvalue weighted by molar-refractivity contribution is 5.96. The summed E-state index contributed by atoms with van der Waals surface area (Å²) >= 11 is 0. The predicted octanol–water partition coefficient (Wildman–Crippen LogP) is 3.68. The van der Waals surface area contributed by atoms with Crippen LogP contribution in [0.25, 0.3) is 11.0 Å². The number of hydrogen-bond donors (Lipinski definition) is 2. The molecule has 0 aliphatic carbocycles. The fourth-order valence-corrected chi connectivity index (χ4v) is 3.40. The molecule has 2 aromatic carbocycles. The molecule has 0 radical (unpaired) electrons. The van der Waals surface area contributed by atoms with Crippen LogP contribution in [0, 0.1) is 0 Å². The van der Waals surface area contributed by atoms with E-state index in [2.05, 4.69) is 10.3 Å². The van der Waals surface area contributed by atoms with Gasteiger partial charge in [0.15, 0.2) is 0 Å². The van der Waals surface area contributed by atoms with Gasteiger partial charge in [-0.25, -0.2) is 4.99 Å². The third kappa shape index (κ3) is 4.46. The van der Waals surface area contributed by atoms with Crippen LogP contribution in [0.2, 0.25) is 0 Å². The molecule has 0 spiro atoms. The van der Waals surface area contributed by atoms with Gasteiger partial charge in [0.25, 0.3) is 5.91 Å². The van der Waals surface area contributed by atoms with Gasteiger partial charge in [-0.3, -0.25) is 4.79 Å². The topological polar surface area (TPSA) is 93.3 Å². The lowest BCUT2D eigenvalue weighted by molar-refractivity contribution is 0.0854. The summed E-state index contributed by atoms with van der Waals surface area (Å²) in [5.74, 6) is 0.372. The number of fused-ring (bicyclic) bond motifs is 1. The first kappa shape index (κ1) is 20.0. The Kier molecular flexibility index (Phi) is 5.99. The number of hydrogen-bond acceptors (Lipinski definition) is 6. The Morgan fingerprint density at radius 2 is 2.13 bits per heavy atom. The van der Waals surface area contributed by atoms with Crippen molar-refractivity contribution in [3.63, 3.8) is 0 Å². The zero-order chi connectivity index (χ0) is 20.9. The summed E-state index contributed by atoms with van der Waals surface area (Å²) in [5.41, 5.74) is 1.43. The Morgan fingerprint density at radius 1 is 1.27 bits per heavy atom. The van der Waals surface area contributed by atoms with E-state index in [0.29, 0.717) is 41.1 Å². The first-order valence-corrected chi connectivity index (χ1v) is 10.1. The Bertz CT molecular complexity index is 1120. The number of carbonyl (C=O) groups is 1. The van der Waals surface area contributed by atoms with Gasteiger partial charge in [-0.1, -0.05) is 12.1 Å². The van der Waals surface area contributed by atoms with Crippen LogP contribution in [-0.4, -0.2) is 36.9 Å². The molecule has 0 saturated carbocycles. The summed E-state index contributed by atoms with van der Waals surface area (Å²) in [4.78, 5) is 17.5. The van der Waals surface area contributed by atoms with Crippen LogP contribution in [0.5, 0.6) is 11.5 Å². The van der Waals surface area contributed by atoms with Crippen LogP contribution >= 0.6 is 0 Å². The summed E-state index contributed by atoms with van der Waals surface area (Å²) in [6.07, 6.45) is 1.97. The normalized spacial score (nSPS) is 16.7. The Labute approximate surface area is 174 Å². The molecule has 4 rings (SSSR count). The van der Waals surface area contributed by atoms with E-state index in [1.54, 1.807) is 24.3 Å². The fourth-order valence-electron chi connectivity index (χ4n) is 3.40. The minimum absolute atomic E-state index is 0.0300. The van der Waals surface area contributed by atoms with Crippen molar-refractivity contribution in [1.82, 2.24) is 5.32 Å². The van der Waals surface area contributed by atoms with Crippen LogP contribution in [0.3, 0.4) is 0 Å². The van der Waals surface area contributed by atoms with Crippen LogP contribution in [-0.2, 0) is 4.74 Å². The molecule has 3 aromatic rings. The minimum Gasteiger partial charge on any atom is -0.508 e. The second-order valence-electron chi connectivity index (χ2n) is 7.04. The van der Waals surface area contributed by atoms with E-state index in [-0.39, 0.29) is 23.3 Å². The van der Waals surface area contributed by atoms with E-state index in [1.807, 2.05) is 25.1 Å². The number of nitrogens with zero attached hydrogens (tertiary/aromatic N) is 1. The maximum absolute atomic E-state index is 13.0. The lowest BCUT2D eigenvalue weighted by Gasteiger charge is -2.11. The molecule has 0 bridgehead atoms. The van der Waals surface area contributed by atoms with E-state index in [4.69, 9.17) is 13.9 Å². The molecule has 1 atom stereocenters. The monoisotopic (exact) mass is 408 g/mol. The van der Waals surface area contributed by atoms with Crippen molar-refractivity contribution in [2.45, 2.75) is 25.9 Å². The summed E-state index contributed by atoms with van der Waals surface area (Å²) < 4.78 is 17.2.